The Morgan fingerprint density at radius 3 is 2.34 bits per heavy atom. The maximum absolute atomic E-state index is 13.8. The summed E-state index contributed by atoms with van der Waals surface area (Å²) in [6.45, 7) is 0.722. The number of carbonyl (C=O) groups is 2. The molecule has 0 saturated carbocycles. The number of anilines is 2. The number of methoxy groups -OCH3 is 2. The van der Waals surface area contributed by atoms with Gasteiger partial charge in [-0.15, -0.1) is 0 Å². The molecule has 0 radical (unpaired) electrons. The Hall–Kier alpha value is -3.63. The van der Waals surface area contributed by atoms with Gasteiger partial charge in [-0.1, -0.05) is 23.7 Å². The van der Waals surface area contributed by atoms with E-state index in [9.17, 15) is 22.4 Å². The summed E-state index contributed by atoms with van der Waals surface area (Å²) in [6.07, 6.45) is 0. The minimum Gasteiger partial charge on any atom is -0.493 e. The van der Waals surface area contributed by atoms with E-state index in [-0.39, 0.29) is 27.1 Å². The van der Waals surface area contributed by atoms with Crippen molar-refractivity contribution in [3.63, 3.8) is 0 Å². The van der Waals surface area contributed by atoms with Gasteiger partial charge in [0.2, 0.25) is 5.91 Å². The zero-order valence-electron chi connectivity index (χ0n) is 19.0. The molecular weight excluding hydrogens is 499 g/mol. The normalized spacial score (nSPS) is 11.0. The Kier molecular flexibility index (Phi) is 7.98. The second-order valence-corrected chi connectivity index (χ2v) is 9.58. The summed E-state index contributed by atoms with van der Waals surface area (Å²) in [6, 6.07) is 13.5. The Bertz CT molecular complexity index is 1380. The highest BCUT2D eigenvalue weighted by Gasteiger charge is 2.29. The lowest BCUT2D eigenvalue weighted by Crippen LogP contribution is -2.38. The maximum atomic E-state index is 13.8. The third-order valence-corrected chi connectivity index (χ3v) is 7.03. The standard InChI is InChI=1S/C24H22ClFN2O6S/c1-15(29)16-5-4-6-17(11-16)27-24(30)14-28(18-7-9-21(26)20(25)12-18)35(31,32)19-8-10-22(33-2)23(13-19)34-3/h4-13H,14H2,1-3H3,(H,27,30). The summed E-state index contributed by atoms with van der Waals surface area (Å²) >= 11 is 5.89. The van der Waals surface area contributed by atoms with Gasteiger partial charge in [-0.2, -0.15) is 0 Å². The van der Waals surface area contributed by atoms with E-state index in [0.717, 1.165) is 16.4 Å². The minimum absolute atomic E-state index is 0.0289. The number of hydrogen-bond acceptors (Lipinski definition) is 6. The van der Waals surface area contributed by atoms with Crippen molar-refractivity contribution in [3.8, 4) is 11.5 Å². The lowest BCUT2D eigenvalue weighted by atomic mass is 10.1. The Labute approximate surface area is 207 Å². The van der Waals surface area contributed by atoms with Crippen LogP contribution in [0.3, 0.4) is 0 Å². The highest BCUT2D eigenvalue weighted by Crippen LogP contribution is 2.33. The van der Waals surface area contributed by atoms with Crippen LogP contribution in [0.5, 0.6) is 11.5 Å². The van der Waals surface area contributed by atoms with Crippen LogP contribution in [0.15, 0.2) is 65.6 Å². The van der Waals surface area contributed by atoms with Crippen LogP contribution in [0.1, 0.15) is 17.3 Å². The van der Waals surface area contributed by atoms with Gasteiger partial charge in [0, 0.05) is 17.3 Å². The van der Waals surface area contributed by atoms with Gasteiger partial charge in [0.1, 0.15) is 12.4 Å². The van der Waals surface area contributed by atoms with Crippen LogP contribution >= 0.6 is 11.6 Å². The molecule has 0 unspecified atom stereocenters. The predicted octanol–water partition coefficient (Wildman–Crippen LogP) is 4.53. The maximum Gasteiger partial charge on any atom is 0.264 e. The molecule has 0 aromatic heterocycles. The van der Waals surface area contributed by atoms with Crippen molar-refractivity contribution in [2.75, 3.05) is 30.4 Å². The molecule has 184 valence electrons. The van der Waals surface area contributed by atoms with E-state index in [0.29, 0.717) is 17.0 Å². The zero-order valence-corrected chi connectivity index (χ0v) is 20.6. The quantitative estimate of drug-likeness (QED) is 0.416. The number of nitrogens with zero attached hydrogens (tertiary/aromatic N) is 1. The fourth-order valence-electron chi connectivity index (χ4n) is 3.21. The van der Waals surface area contributed by atoms with Crippen molar-refractivity contribution < 1.29 is 31.9 Å². The molecule has 0 aliphatic rings. The van der Waals surface area contributed by atoms with Crippen molar-refractivity contribution in [1.29, 1.82) is 0 Å². The van der Waals surface area contributed by atoms with Crippen molar-refractivity contribution in [1.82, 2.24) is 0 Å². The summed E-state index contributed by atoms with van der Waals surface area (Å²) in [7, 11) is -1.59. The highest BCUT2D eigenvalue weighted by atomic mass is 35.5. The predicted molar refractivity (Wildman–Crippen MR) is 131 cm³/mol. The van der Waals surface area contributed by atoms with Gasteiger partial charge < -0.3 is 14.8 Å². The van der Waals surface area contributed by atoms with Crippen LogP contribution in [0, 0.1) is 5.82 Å². The average molecular weight is 521 g/mol. The van der Waals surface area contributed by atoms with Gasteiger partial charge in [-0.25, -0.2) is 12.8 Å². The number of amides is 1. The number of Topliss-reactive ketones (excluding diaryl/α,β-unsaturated/α-hetero) is 1. The van der Waals surface area contributed by atoms with Crippen LogP contribution in [0.4, 0.5) is 15.8 Å². The number of rotatable bonds is 9. The summed E-state index contributed by atoms with van der Waals surface area (Å²) < 4.78 is 52.1. The fraction of sp³-hybridized carbons (Fsp3) is 0.167. The van der Waals surface area contributed by atoms with Gasteiger partial charge >= 0.3 is 0 Å². The first-order valence-corrected chi connectivity index (χ1v) is 12.0. The lowest BCUT2D eigenvalue weighted by molar-refractivity contribution is -0.114. The number of benzene rings is 3. The Morgan fingerprint density at radius 1 is 1.00 bits per heavy atom. The zero-order chi connectivity index (χ0) is 25.8. The van der Waals surface area contributed by atoms with Crippen LogP contribution in [-0.4, -0.2) is 40.9 Å². The topological polar surface area (TPSA) is 102 Å². The van der Waals surface area contributed by atoms with E-state index in [1.165, 1.54) is 51.5 Å². The van der Waals surface area contributed by atoms with Crippen molar-refractivity contribution in [3.05, 3.63) is 77.1 Å². The number of halogens is 2. The first-order chi connectivity index (χ1) is 16.6. The van der Waals surface area contributed by atoms with Crippen LogP contribution in [0.2, 0.25) is 5.02 Å². The van der Waals surface area contributed by atoms with Gasteiger partial charge in [0.05, 0.1) is 29.8 Å². The van der Waals surface area contributed by atoms with E-state index >= 15 is 0 Å². The Morgan fingerprint density at radius 2 is 1.71 bits per heavy atom. The first-order valence-electron chi connectivity index (χ1n) is 10.2. The molecule has 3 aromatic rings. The molecule has 8 nitrogen and oxygen atoms in total. The van der Waals surface area contributed by atoms with Crippen molar-refractivity contribution in [2.45, 2.75) is 11.8 Å². The van der Waals surface area contributed by atoms with Gasteiger partial charge in [0.25, 0.3) is 10.0 Å². The molecule has 0 aliphatic carbocycles. The van der Waals surface area contributed by atoms with Crippen LogP contribution < -0.4 is 19.1 Å². The highest BCUT2D eigenvalue weighted by molar-refractivity contribution is 7.92. The number of ether oxygens (including phenoxy) is 2. The first kappa shape index (κ1) is 26.0. The molecular formula is C24H22ClFN2O6S. The number of nitrogens with one attached hydrogen (secondary N) is 1. The number of hydrogen-bond donors (Lipinski definition) is 1. The van der Waals surface area contributed by atoms with Crippen LogP contribution in [0.25, 0.3) is 0 Å². The number of sulfonamides is 1. The summed E-state index contributed by atoms with van der Waals surface area (Å²) in [5.41, 5.74) is 0.657. The molecule has 3 aromatic carbocycles. The third kappa shape index (κ3) is 5.90. The molecule has 0 heterocycles. The molecule has 0 fully saturated rings. The molecule has 0 bridgehead atoms. The SMILES string of the molecule is COc1ccc(S(=O)(=O)N(CC(=O)Nc2cccc(C(C)=O)c2)c2ccc(F)c(Cl)c2)cc1OC. The molecule has 0 saturated heterocycles. The van der Waals surface area contributed by atoms with E-state index < -0.39 is 28.3 Å². The molecule has 35 heavy (non-hydrogen) atoms. The van der Waals surface area contributed by atoms with Crippen molar-refractivity contribution in [2.24, 2.45) is 0 Å². The van der Waals surface area contributed by atoms with Crippen molar-refractivity contribution >= 4 is 44.7 Å². The van der Waals surface area contributed by atoms with Gasteiger partial charge in [-0.05, 0) is 49.4 Å². The second kappa shape index (κ2) is 10.7. The molecule has 1 N–H and O–H groups in total. The lowest BCUT2D eigenvalue weighted by Gasteiger charge is -2.25. The largest absolute Gasteiger partial charge is 0.493 e. The number of ketones is 1. The van der Waals surface area contributed by atoms with Gasteiger partial charge in [0.15, 0.2) is 17.3 Å². The number of carbonyl (C=O) groups excluding carboxylic acids is 2. The molecule has 11 heteroatoms. The fourth-order valence-corrected chi connectivity index (χ4v) is 4.81. The average Bonchev–Trinajstić information content (AvgIpc) is 2.83. The molecule has 0 aliphatic heterocycles. The summed E-state index contributed by atoms with van der Waals surface area (Å²) in [5, 5.41) is 2.26. The van der Waals surface area contributed by atoms with E-state index in [1.807, 2.05) is 0 Å². The summed E-state index contributed by atoms with van der Waals surface area (Å²) in [5.74, 6) is -1.17. The summed E-state index contributed by atoms with van der Waals surface area (Å²) in [4.78, 5) is 24.3. The van der Waals surface area contributed by atoms with E-state index in [2.05, 4.69) is 5.32 Å². The van der Waals surface area contributed by atoms with Crippen LogP contribution in [-0.2, 0) is 14.8 Å². The smallest absolute Gasteiger partial charge is 0.264 e. The van der Waals surface area contributed by atoms with E-state index in [4.69, 9.17) is 21.1 Å². The molecule has 3 rings (SSSR count). The third-order valence-electron chi connectivity index (χ3n) is 4.97. The molecule has 0 atom stereocenters. The van der Waals surface area contributed by atoms with E-state index in [1.54, 1.807) is 18.2 Å². The molecule has 1 amide bonds. The minimum atomic E-state index is -4.35. The monoisotopic (exact) mass is 520 g/mol. The second-order valence-electron chi connectivity index (χ2n) is 7.31. The Balaban J connectivity index is 2.01. The molecule has 0 spiro atoms. The van der Waals surface area contributed by atoms with Gasteiger partial charge in [-0.3, -0.25) is 13.9 Å².